The molecule has 0 aliphatic carbocycles. The van der Waals surface area contributed by atoms with E-state index in [1.54, 1.807) is 17.0 Å². The number of amides is 1. The summed E-state index contributed by atoms with van der Waals surface area (Å²) in [6.07, 6.45) is 2.06. The van der Waals surface area contributed by atoms with Crippen LogP contribution in [0.3, 0.4) is 0 Å². The zero-order valence-electron chi connectivity index (χ0n) is 11.6. The van der Waals surface area contributed by atoms with Gasteiger partial charge in [-0.2, -0.15) is 0 Å². The zero-order valence-corrected chi connectivity index (χ0v) is 13.2. The molecule has 1 atom stereocenters. The summed E-state index contributed by atoms with van der Waals surface area (Å²) >= 11 is 5.92. The Kier molecular flexibility index (Phi) is 6.24. The van der Waals surface area contributed by atoms with Crippen LogP contribution < -0.4 is 0 Å². The van der Waals surface area contributed by atoms with E-state index in [9.17, 15) is 9.59 Å². The second-order valence-corrected chi connectivity index (χ2v) is 5.38. The molecule has 1 heterocycles. The molecule has 1 aliphatic heterocycles. The Bertz CT molecular complexity index is 572. The van der Waals surface area contributed by atoms with Gasteiger partial charge in [0, 0.05) is 24.2 Å². The molecule has 0 spiro atoms. The SMILES string of the molecule is C/C(=C\C(=O)N1CCC(C(=O)O)C1)c1cccc(Cl)c1.Cl. The maximum absolute atomic E-state index is 12.1. The molecule has 1 aliphatic rings. The first-order chi connectivity index (χ1) is 9.47. The molecule has 1 aromatic rings. The van der Waals surface area contributed by atoms with Crippen LogP contribution in [-0.4, -0.2) is 35.0 Å². The van der Waals surface area contributed by atoms with E-state index in [1.807, 2.05) is 19.1 Å². The van der Waals surface area contributed by atoms with E-state index in [1.165, 1.54) is 6.08 Å². The van der Waals surface area contributed by atoms with Crippen molar-refractivity contribution in [1.82, 2.24) is 4.90 Å². The second-order valence-electron chi connectivity index (χ2n) is 4.95. The van der Waals surface area contributed by atoms with Gasteiger partial charge in [0.15, 0.2) is 0 Å². The quantitative estimate of drug-likeness (QED) is 0.867. The summed E-state index contributed by atoms with van der Waals surface area (Å²) in [5.74, 6) is -1.43. The Labute approximate surface area is 134 Å². The van der Waals surface area contributed by atoms with E-state index in [2.05, 4.69) is 0 Å². The van der Waals surface area contributed by atoms with Crippen molar-refractivity contribution in [2.24, 2.45) is 5.92 Å². The fraction of sp³-hybridized carbons (Fsp3) is 0.333. The zero-order chi connectivity index (χ0) is 14.7. The summed E-state index contributed by atoms with van der Waals surface area (Å²) in [6, 6.07) is 7.29. The summed E-state index contributed by atoms with van der Waals surface area (Å²) in [5, 5.41) is 9.56. The van der Waals surface area contributed by atoms with Crippen LogP contribution in [0.4, 0.5) is 0 Å². The van der Waals surface area contributed by atoms with E-state index in [0.29, 0.717) is 18.0 Å². The lowest BCUT2D eigenvalue weighted by molar-refractivity contribution is -0.141. The Morgan fingerprint density at radius 3 is 2.71 bits per heavy atom. The summed E-state index contributed by atoms with van der Waals surface area (Å²) in [4.78, 5) is 24.6. The first-order valence-corrected chi connectivity index (χ1v) is 6.81. The van der Waals surface area contributed by atoms with Gasteiger partial charge in [0.1, 0.15) is 0 Å². The molecule has 1 fully saturated rings. The van der Waals surface area contributed by atoms with Gasteiger partial charge in [0.25, 0.3) is 0 Å². The van der Waals surface area contributed by atoms with Crippen LogP contribution in [0.25, 0.3) is 5.57 Å². The van der Waals surface area contributed by atoms with Crippen LogP contribution in [0.15, 0.2) is 30.3 Å². The number of carbonyl (C=O) groups is 2. The molecule has 114 valence electrons. The first-order valence-electron chi connectivity index (χ1n) is 6.43. The van der Waals surface area contributed by atoms with Crippen LogP contribution in [0, 0.1) is 5.92 Å². The van der Waals surface area contributed by atoms with Crippen LogP contribution >= 0.6 is 24.0 Å². The lowest BCUT2D eigenvalue weighted by Crippen LogP contribution is -2.28. The molecule has 1 N–H and O–H groups in total. The molecule has 4 nitrogen and oxygen atoms in total. The number of benzene rings is 1. The number of rotatable bonds is 3. The number of nitrogens with zero attached hydrogens (tertiary/aromatic N) is 1. The minimum Gasteiger partial charge on any atom is -0.481 e. The molecule has 21 heavy (non-hydrogen) atoms. The number of carboxylic acid groups (broad SMARTS) is 1. The van der Waals surface area contributed by atoms with E-state index in [4.69, 9.17) is 16.7 Å². The fourth-order valence-electron chi connectivity index (χ4n) is 2.26. The molecule has 1 amide bonds. The van der Waals surface area contributed by atoms with Gasteiger partial charge in [-0.3, -0.25) is 9.59 Å². The van der Waals surface area contributed by atoms with Crippen molar-refractivity contribution in [2.75, 3.05) is 13.1 Å². The van der Waals surface area contributed by atoms with Gasteiger partial charge < -0.3 is 10.0 Å². The highest BCUT2D eigenvalue weighted by Crippen LogP contribution is 2.21. The minimum absolute atomic E-state index is 0. The van der Waals surface area contributed by atoms with Crippen molar-refractivity contribution < 1.29 is 14.7 Å². The standard InChI is InChI=1S/C15H16ClNO3.ClH/c1-10(11-3-2-4-13(16)8-11)7-14(18)17-6-5-12(9-17)15(19)20;/h2-4,7-8,12H,5-6,9H2,1H3,(H,19,20);1H/b10-7+;. The van der Waals surface area contributed by atoms with Crippen LogP contribution in [0.5, 0.6) is 0 Å². The first kappa shape index (κ1) is 17.5. The summed E-state index contributed by atoms with van der Waals surface area (Å²) in [6.45, 7) is 2.62. The Morgan fingerprint density at radius 2 is 2.14 bits per heavy atom. The average molecular weight is 330 g/mol. The predicted octanol–water partition coefficient (Wildman–Crippen LogP) is 3.10. The number of carbonyl (C=O) groups excluding carboxylic acids is 1. The van der Waals surface area contributed by atoms with Gasteiger partial charge in [-0.1, -0.05) is 23.7 Å². The minimum atomic E-state index is -0.837. The molecule has 0 radical (unpaired) electrons. The number of allylic oxidation sites excluding steroid dienone is 1. The monoisotopic (exact) mass is 329 g/mol. The van der Waals surface area contributed by atoms with Crippen LogP contribution in [0.1, 0.15) is 18.9 Å². The Balaban J connectivity index is 0.00000220. The third-order valence-electron chi connectivity index (χ3n) is 3.47. The molecule has 0 aromatic heterocycles. The third-order valence-corrected chi connectivity index (χ3v) is 3.70. The molecule has 2 rings (SSSR count). The lowest BCUT2D eigenvalue weighted by atomic mass is 10.1. The average Bonchev–Trinajstić information content (AvgIpc) is 2.88. The number of likely N-dealkylation sites (tertiary alicyclic amines) is 1. The van der Waals surface area contributed by atoms with E-state index in [0.717, 1.165) is 11.1 Å². The van der Waals surface area contributed by atoms with Gasteiger partial charge in [-0.05, 0) is 36.6 Å². The maximum atomic E-state index is 12.1. The van der Waals surface area contributed by atoms with Crippen LogP contribution in [-0.2, 0) is 9.59 Å². The lowest BCUT2D eigenvalue weighted by Gasteiger charge is -2.14. The van der Waals surface area contributed by atoms with Crippen molar-refractivity contribution in [3.8, 4) is 0 Å². The van der Waals surface area contributed by atoms with Crippen molar-refractivity contribution in [2.45, 2.75) is 13.3 Å². The number of carboxylic acids is 1. The fourth-order valence-corrected chi connectivity index (χ4v) is 2.45. The van der Waals surface area contributed by atoms with Crippen molar-refractivity contribution in [3.05, 3.63) is 40.9 Å². The van der Waals surface area contributed by atoms with E-state index < -0.39 is 11.9 Å². The normalized spacial score (nSPS) is 18.3. The van der Waals surface area contributed by atoms with Gasteiger partial charge in [0.2, 0.25) is 5.91 Å². The van der Waals surface area contributed by atoms with Crippen LogP contribution in [0.2, 0.25) is 5.02 Å². The van der Waals surface area contributed by atoms with E-state index in [-0.39, 0.29) is 24.9 Å². The van der Waals surface area contributed by atoms with Crippen molar-refractivity contribution in [1.29, 1.82) is 0 Å². The van der Waals surface area contributed by atoms with Crippen molar-refractivity contribution in [3.63, 3.8) is 0 Å². The molecule has 1 unspecified atom stereocenters. The maximum Gasteiger partial charge on any atom is 0.308 e. The third kappa shape index (κ3) is 4.48. The number of hydrogen-bond donors (Lipinski definition) is 1. The summed E-state index contributed by atoms with van der Waals surface area (Å²) < 4.78 is 0. The molecular weight excluding hydrogens is 313 g/mol. The molecule has 6 heteroatoms. The summed E-state index contributed by atoms with van der Waals surface area (Å²) in [7, 11) is 0. The second kappa shape index (κ2) is 7.48. The molecular formula is C15H17Cl2NO3. The highest BCUT2D eigenvalue weighted by atomic mass is 35.5. The number of aliphatic carboxylic acids is 1. The van der Waals surface area contributed by atoms with Crippen molar-refractivity contribution >= 4 is 41.5 Å². The Hall–Kier alpha value is -1.52. The molecule has 1 saturated heterocycles. The highest BCUT2D eigenvalue weighted by Gasteiger charge is 2.29. The topological polar surface area (TPSA) is 57.6 Å². The predicted molar refractivity (Wildman–Crippen MR) is 84.7 cm³/mol. The smallest absolute Gasteiger partial charge is 0.308 e. The number of hydrogen-bond acceptors (Lipinski definition) is 2. The highest BCUT2D eigenvalue weighted by molar-refractivity contribution is 6.30. The van der Waals surface area contributed by atoms with Gasteiger partial charge in [0.05, 0.1) is 5.92 Å². The number of halogens is 2. The molecule has 0 bridgehead atoms. The van der Waals surface area contributed by atoms with E-state index >= 15 is 0 Å². The van der Waals surface area contributed by atoms with Gasteiger partial charge in [-0.15, -0.1) is 12.4 Å². The largest absolute Gasteiger partial charge is 0.481 e. The van der Waals surface area contributed by atoms with Gasteiger partial charge in [-0.25, -0.2) is 0 Å². The van der Waals surface area contributed by atoms with Gasteiger partial charge >= 0.3 is 5.97 Å². The molecule has 0 saturated carbocycles. The molecule has 1 aromatic carbocycles. The summed E-state index contributed by atoms with van der Waals surface area (Å²) in [5.41, 5.74) is 1.70. The Morgan fingerprint density at radius 1 is 1.43 bits per heavy atom.